The van der Waals surface area contributed by atoms with Gasteiger partial charge in [0.2, 0.25) is 0 Å². The Labute approximate surface area is 119 Å². The van der Waals surface area contributed by atoms with Crippen LogP contribution >= 0.6 is 0 Å². The second-order valence-electron chi connectivity index (χ2n) is 5.41. The van der Waals surface area contributed by atoms with Crippen molar-refractivity contribution in [2.45, 2.75) is 58.1 Å². The van der Waals surface area contributed by atoms with Gasteiger partial charge in [0.05, 0.1) is 6.42 Å². The van der Waals surface area contributed by atoms with Crippen molar-refractivity contribution in [3.8, 4) is 0 Å². The fraction of sp³-hybridized carbons (Fsp3) is 0.929. The van der Waals surface area contributed by atoms with E-state index in [2.05, 4.69) is 28.8 Å². The normalized spacial score (nSPS) is 23.1. The first kappa shape index (κ1) is 17.3. The number of hydrogen-bond donors (Lipinski definition) is 1. The molecular weight excluding hydrogens is 266 g/mol. The molecular formula is C14H26F2N2O2. The molecule has 1 rings (SSSR count). The summed E-state index contributed by atoms with van der Waals surface area (Å²) in [5.74, 6) is -4.70. The highest BCUT2D eigenvalue weighted by atomic mass is 19.3. The molecule has 0 aromatic rings. The van der Waals surface area contributed by atoms with Crippen LogP contribution in [0.3, 0.4) is 0 Å². The molecule has 1 heterocycles. The first-order valence-electron chi connectivity index (χ1n) is 7.43. The van der Waals surface area contributed by atoms with Crippen molar-refractivity contribution in [2.75, 3.05) is 26.2 Å². The Morgan fingerprint density at radius 1 is 1.45 bits per heavy atom. The quantitative estimate of drug-likeness (QED) is 0.660. The van der Waals surface area contributed by atoms with Crippen LogP contribution in [-0.4, -0.2) is 55.1 Å². The Morgan fingerprint density at radius 2 is 2.10 bits per heavy atom. The average Bonchev–Trinajstić information content (AvgIpc) is 2.66. The maximum absolute atomic E-state index is 13.0. The lowest BCUT2D eigenvalue weighted by Gasteiger charge is -2.20. The zero-order valence-corrected chi connectivity index (χ0v) is 12.6. The second-order valence-corrected chi connectivity index (χ2v) is 5.41. The molecule has 2 unspecified atom stereocenters. The highest BCUT2D eigenvalue weighted by molar-refractivity contribution is 5.79. The molecule has 0 aromatic carbocycles. The molecule has 20 heavy (non-hydrogen) atoms. The van der Waals surface area contributed by atoms with Gasteiger partial charge in [0.15, 0.2) is 0 Å². The van der Waals surface area contributed by atoms with Crippen LogP contribution in [0.4, 0.5) is 8.78 Å². The first-order chi connectivity index (χ1) is 9.39. The van der Waals surface area contributed by atoms with Crippen molar-refractivity contribution in [3.63, 3.8) is 0 Å². The lowest BCUT2D eigenvalue weighted by Crippen LogP contribution is -2.34. The summed E-state index contributed by atoms with van der Waals surface area (Å²) in [6, 6.07) is 0.235. The smallest absolute Gasteiger partial charge is 0.377 e. The van der Waals surface area contributed by atoms with Crippen LogP contribution in [-0.2, 0) is 9.53 Å². The molecule has 0 radical (unpaired) electrons. The van der Waals surface area contributed by atoms with Gasteiger partial charge in [0.25, 0.3) is 0 Å². The van der Waals surface area contributed by atoms with E-state index in [1.807, 2.05) is 6.92 Å². The van der Waals surface area contributed by atoms with Crippen molar-refractivity contribution in [1.29, 1.82) is 0 Å². The highest BCUT2D eigenvalue weighted by Crippen LogP contribution is 2.30. The summed E-state index contributed by atoms with van der Waals surface area (Å²) in [6.45, 7) is 9.75. The van der Waals surface area contributed by atoms with Crippen LogP contribution < -0.4 is 5.32 Å². The standard InChI is InChI=1S/C14H26F2N2O2/c1-4-18(5-2)8-6-7-11(3)17-10-12-9-14(15,16)13(19)20-12/h11-12,17H,4-10H2,1-3H3. The van der Waals surface area contributed by atoms with E-state index in [-0.39, 0.29) is 6.04 Å². The van der Waals surface area contributed by atoms with Gasteiger partial charge in [-0.05, 0) is 39.4 Å². The summed E-state index contributed by atoms with van der Waals surface area (Å²) in [5, 5.41) is 3.16. The zero-order valence-electron chi connectivity index (χ0n) is 12.6. The molecule has 4 nitrogen and oxygen atoms in total. The minimum atomic E-state index is -3.31. The van der Waals surface area contributed by atoms with Gasteiger partial charge in [-0.15, -0.1) is 0 Å². The number of alkyl halides is 2. The van der Waals surface area contributed by atoms with E-state index in [1.54, 1.807) is 0 Å². The Kier molecular flexibility index (Phi) is 6.82. The van der Waals surface area contributed by atoms with Gasteiger partial charge in [-0.2, -0.15) is 8.78 Å². The number of ether oxygens (including phenoxy) is 1. The van der Waals surface area contributed by atoms with Crippen LogP contribution in [0.25, 0.3) is 0 Å². The Hall–Kier alpha value is -0.750. The highest BCUT2D eigenvalue weighted by Gasteiger charge is 2.50. The average molecular weight is 292 g/mol. The molecule has 1 aliphatic heterocycles. The molecule has 0 saturated carbocycles. The predicted octanol–water partition coefficient (Wildman–Crippen LogP) is 2.04. The third-order valence-electron chi connectivity index (χ3n) is 3.76. The van der Waals surface area contributed by atoms with E-state index in [1.165, 1.54) is 0 Å². The molecule has 0 aliphatic carbocycles. The van der Waals surface area contributed by atoms with Gasteiger partial charge in [0, 0.05) is 12.6 Å². The summed E-state index contributed by atoms with van der Waals surface area (Å²) in [4.78, 5) is 13.2. The number of esters is 1. The number of carbonyl (C=O) groups excluding carboxylic acids is 1. The van der Waals surface area contributed by atoms with Crippen molar-refractivity contribution in [3.05, 3.63) is 0 Å². The van der Waals surface area contributed by atoms with Crippen LogP contribution in [0.15, 0.2) is 0 Å². The number of hydrogen-bond acceptors (Lipinski definition) is 4. The number of carbonyl (C=O) groups is 1. The Morgan fingerprint density at radius 3 is 2.60 bits per heavy atom. The minimum Gasteiger partial charge on any atom is -0.456 e. The van der Waals surface area contributed by atoms with Crippen LogP contribution in [0.1, 0.15) is 40.0 Å². The van der Waals surface area contributed by atoms with Crippen molar-refractivity contribution < 1.29 is 18.3 Å². The van der Waals surface area contributed by atoms with Crippen molar-refractivity contribution in [2.24, 2.45) is 0 Å². The molecule has 6 heteroatoms. The van der Waals surface area contributed by atoms with Crippen molar-refractivity contribution in [1.82, 2.24) is 10.2 Å². The largest absolute Gasteiger partial charge is 0.456 e. The summed E-state index contributed by atoms with van der Waals surface area (Å²) < 4.78 is 30.6. The van der Waals surface area contributed by atoms with Gasteiger partial charge >= 0.3 is 11.9 Å². The molecule has 0 aromatic heterocycles. The first-order valence-corrected chi connectivity index (χ1v) is 7.43. The minimum absolute atomic E-state index is 0.235. The summed E-state index contributed by atoms with van der Waals surface area (Å²) >= 11 is 0. The van der Waals surface area contributed by atoms with E-state index in [4.69, 9.17) is 0 Å². The van der Waals surface area contributed by atoms with E-state index < -0.39 is 24.4 Å². The van der Waals surface area contributed by atoms with Crippen molar-refractivity contribution >= 4 is 5.97 Å². The topological polar surface area (TPSA) is 41.6 Å². The zero-order chi connectivity index (χ0) is 15.2. The predicted molar refractivity (Wildman–Crippen MR) is 73.9 cm³/mol. The third-order valence-corrected chi connectivity index (χ3v) is 3.76. The summed E-state index contributed by atoms with van der Waals surface area (Å²) in [5.41, 5.74) is 0. The van der Waals surface area contributed by atoms with Gasteiger partial charge in [-0.3, -0.25) is 0 Å². The van der Waals surface area contributed by atoms with Gasteiger partial charge in [0.1, 0.15) is 6.10 Å². The fourth-order valence-corrected chi connectivity index (χ4v) is 2.36. The molecule has 0 spiro atoms. The summed E-state index contributed by atoms with van der Waals surface area (Å²) in [6.07, 6.45) is 0.831. The number of rotatable bonds is 9. The molecule has 2 atom stereocenters. The maximum Gasteiger partial charge on any atom is 0.377 e. The number of nitrogens with one attached hydrogen (secondary N) is 1. The monoisotopic (exact) mass is 292 g/mol. The number of nitrogens with zero attached hydrogens (tertiary/aromatic N) is 1. The van der Waals surface area contributed by atoms with E-state index >= 15 is 0 Å². The van der Waals surface area contributed by atoms with E-state index in [0.717, 1.165) is 32.5 Å². The van der Waals surface area contributed by atoms with Crippen LogP contribution in [0.5, 0.6) is 0 Å². The molecule has 1 aliphatic rings. The molecule has 0 bridgehead atoms. The molecule has 0 amide bonds. The second kappa shape index (κ2) is 7.88. The van der Waals surface area contributed by atoms with Crippen LogP contribution in [0, 0.1) is 0 Å². The summed E-state index contributed by atoms with van der Waals surface area (Å²) in [7, 11) is 0. The molecule has 1 fully saturated rings. The van der Waals surface area contributed by atoms with Crippen LogP contribution in [0.2, 0.25) is 0 Å². The molecule has 1 saturated heterocycles. The Balaban J connectivity index is 2.15. The fourth-order valence-electron chi connectivity index (χ4n) is 2.36. The maximum atomic E-state index is 13.0. The van der Waals surface area contributed by atoms with Gasteiger partial charge in [-0.1, -0.05) is 13.8 Å². The van der Waals surface area contributed by atoms with Gasteiger partial charge < -0.3 is 15.0 Å². The molecule has 118 valence electrons. The number of halogens is 2. The molecule has 1 N–H and O–H groups in total. The van der Waals surface area contributed by atoms with Gasteiger partial charge in [-0.25, -0.2) is 4.79 Å². The SMILES string of the molecule is CCN(CC)CCCC(C)NCC1CC(F)(F)C(=O)O1. The van der Waals surface area contributed by atoms with E-state index in [0.29, 0.717) is 6.54 Å². The lowest BCUT2D eigenvalue weighted by atomic mass is 10.1. The third kappa shape index (κ3) is 5.32. The number of cyclic esters (lactones) is 1. The Bertz CT molecular complexity index is 310. The van der Waals surface area contributed by atoms with E-state index in [9.17, 15) is 13.6 Å². The lowest BCUT2D eigenvalue weighted by molar-refractivity contribution is -0.159.